The maximum atomic E-state index is 13.7. The van der Waals surface area contributed by atoms with Crippen LogP contribution in [0, 0.1) is 6.92 Å². The van der Waals surface area contributed by atoms with Crippen molar-refractivity contribution in [1.29, 1.82) is 0 Å². The van der Waals surface area contributed by atoms with Crippen LogP contribution in [-0.2, 0) is 27.3 Å². The number of esters is 1. The number of nitrogens with one attached hydrogen (secondary N) is 1. The molecule has 0 unspecified atom stereocenters. The summed E-state index contributed by atoms with van der Waals surface area (Å²) >= 11 is 1.61. The second-order valence-electron chi connectivity index (χ2n) is 9.72. The molecule has 0 saturated carbocycles. The minimum absolute atomic E-state index is 0.0845. The first kappa shape index (κ1) is 31.2. The van der Waals surface area contributed by atoms with Crippen LogP contribution in [0.5, 0.6) is 11.5 Å². The van der Waals surface area contributed by atoms with Crippen molar-refractivity contribution in [2.24, 2.45) is 0 Å². The van der Waals surface area contributed by atoms with Gasteiger partial charge < -0.3 is 34.2 Å². The normalized spacial score (nSPS) is 13.1. The molecule has 11 heteroatoms. The molecule has 1 N–H and O–H groups in total. The highest BCUT2D eigenvalue weighted by Crippen LogP contribution is 2.28. The number of rotatable bonds is 15. The number of carbonyl (C=O) groups excluding carboxylic acids is 3. The minimum Gasteiger partial charge on any atom is -0.493 e. The Morgan fingerprint density at radius 2 is 1.77 bits per heavy atom. The van der Waals surface area contributed by atoms with Crippen LogP contribution in [-0.4, -0.2) is 99.2 Å². The second kappa shape index (κ2) is 16.1. The van der Waals surface area contributed by atoms with Gasteiger partial charge in [0.2, 0.25) is 5.91 Å². The van der Waals surface area contributed by atoms with Crippen LogP contribution < -0.4 is 14.8 Å². The predicted octanol–water partition coefficient (Wildman–Crippen LogP) is 3.32. The van der Waals surface area contributed by atoms with E-state index in [4.69, 9.17) is 14.2 Å². The first-order valence-corrected chi connectivity index (χ1v) is 14.6. The molecular weight excluding hydrogens is 532 g/mol. The van der Waals surface area contributed by atoms with E-state index in [2.05, 4.69) is 10.2 Å². The van der Waals surface area contributed by atoms with Gasteiger partial charge in [-0.2, -0.15) is 0 Å². The molecule has 1 aromatic heterocycles. The zero-order chi connectivity index (χ0) is 28.9. The van der Waals surface area contributed by atoms with Crippen molar-refractivity contribution < 1.29 is 28.6 Å². The summed E-state index contributed by atoms with van der Waals surface area (Å²) in [5.74, 6) is 0.626. The van der Waals surface area contributed by atoms with Gasteiger partial charge in [0.15, 0.2) is 11.5 Å². The Balaban J connectivity index is 1.73. The molecule has 1 fully saturated rings. The van der Waals surface area contributed by atoms with Crippen LogP contribution in [0.2, 0.25) is 0 Å². The first-order valence-electron chi connectivity index (χ1n) is 13.8. The van der Waals surface area contributed by atoms with Crippen molar-refractivity contribution in [1.82, 2.24) is 20.0 Å². The number of benzene rings is 1. The molecule has 220 valence electrons. The molecule has 1 aromatic carbocycles. The van der Waals surface area contributed by atoms with E-state index in [0.717, 1.165) is 41.9 Å². The van der Waals surface area contributed by atoms with Crippen LogP contribution in [0.15, 0.2) is 29.6 Å². The molecule has 1 aliphatic rings. The smallest absolute Gasteiger partial charge is 0.325 e. The van der Waals surface area contributed by atoms with Crippen LogP contribution in [0.25, 0.3) is 0 Å². The zero-order valence-corrected chi connectivity index (χ0v) is 24.9. The molecule has 3 rings (SSSR count). The molecule has 0 spiro atoms. The number of aryl methyl sites for hydroxylation is 1. The lowest BCUT2D eigenvalue weighted by atomic mass is 10.1. The highest BCUT2D eigenvalue weighted by Gasteiger charge is 2.24. The Bertz CT molecular complexity index is 1120. The Kier molecular flexibility index (Phi) is 12.5. The quantitative estimate of drug-likeness (QED) is 0.326. The van der Waals surface area contributed by atoms with Gasteiger partial charge in [0.25, 0.3) is 0 Å². The Hall–Kier alpha value is -3.31. The largest absolute Gasteiger partial charge is 0.493 e. The maximum Gasteiger partial charge on any atom is 0.325 e. The highest BCUT2D eigenvalue weighted by molar-refractivity contribution is 7.10. The van der Waals surface area contributed by atoms with E-state index in [1.165, 1.54) is 4.90 Å². The third kappa shape index (κ3) is 9.41. The number of hydrogen-bond donors (Lipinski definition) is 1. The van der Waals surface area contributed by atoms with Crippen molar-refractivity contribution in [3.63, 3.8) is 0 Å². The summed E-state index contributed by atoms with van der Waals surface area (Å²) in [6.07, 6.45) is 2.88. The van der Waals surface area contributed by atoms with Crippen LogP contribution >= 0.6 is 11.3 Å². The number of ether oxygens (including phenoxy) is 3. The maximum absolute atomic E-state index is 13.7. The summed E-state index contributed by atoms with van der Waals surface area (Å²) < 4.78 is 15.7. The first-order chi connectivity index (χ1) is 19.3. The van der Waals surface area contributed by atoms with Crippen LogP contribution in [0.4, 0.5) is 4.79 Å². The SMILES string of the molecule is CCOC(=O)CNC(=O)N(CCN1CCCC1)CC(=O)N(CCc1ccc(OC)c(OC)c1)Cc1sccc1C. The number of amides is 3. The van der Waals surface area contributed by atoms with Gasteiger partial charge in [-0.15, -0.1) is 11.3 Å². The average Bonchev–Trinajstić information content (AvgIpc) is 3.63. The Morgan fingerprint density at radius 3 is 2.42 bits per heavy atom. The topological polar surface area (TPSA) is 101 Å². The van der Waals surface area contributed by atoms with Gasteiger partial charge in [-0.05, 0) is 80.9 Å². The number of thiophene rings is 1. The third-order valence-corrected chi connectivity index (χ3v) is 7.97. The Morgan fingerprint density at radius 1 is 1.02 bits per heavy atom. The van der Waals surface area contributed by atoms with E-state index in [1.807, 2.05) is 36.6 Å². The summed E-state index contributed by atoms with van der Waals surface area (Å²) in [5.41, 5.74) is 2.14. The van der Waals surface area contributed by atoms with Gasteiger partial charge in [0.05, 0.1) is 27.4 Å². The lowest BCUT2D eigenvalue weighted by molar-refractivity contribution is -0.141. The molecule has 1 saturated heterocycles. The molecular formula is C29H42N4O6S. The molecule has 0 bridgehead atoms. The van der Waals surface area contributed by atoms with Crippen LogP contribution in [0.1, 0.15) is 35.8 Å². The number of carbonyl (C=O) groups is 3. The summed E-state index contributed by atoms with van der Waals surface area (Å²) in [6.45, 7) is 7.64. The molecule has 3 amide bonds. The van der Waals surface area contributed by atoms with E-state index in [1.54, 1.807) is 37.4 Å². The van der Waals surface area contributed by atoms with E-state index in [0.29, 0.717) is 44.1 Å². The monoisotopic (exact) mass is 574 g/mol. The van der Waals surface area contributed by atoms with E-state index >= 15 is 0 Å². The fourth-order valence-electron chi connectivity index (χ4n) is 4.59. The third-order valence-electron chi connectivity index (χ3n) is 6.96. The standard InChI is InChI=1S/C29H42N4O6S/c1-5-39-28(35)19-30-29(36)33(16-15-31-12-6-7-13-31)21-27(34)32(20-26-22(2)11-17-40-26)14-10-23-8-9-24(37-3)25(18-23)38-4/h8-9,11,17-18H,5-7,10,12-16,19-21H2,1-4H3,(H,30,36). The molecule has 2 aromatic rings. The van der Waals surface area contributed by atoms with Gasteiger partial charge in [-0.25, -0.2) is 4.79 Å². The molecule has 0 aliphatic carbocycles. The fraction of sp³-hybridized carbons (Fsp3) is 0.552. The number of urea groups is 1. The number of nitrogens with zero attached hydrogens (tertiary/aromatic N) is 3. The van der Waals surface area contributed by atoms with Gasteiger partial charge in [0, 0.05) is 24.5 Å². The van der Waals surface area contributed by atoms with Gasteiger partial charge in [0.1, 0.15) is 13.1 Å². The minimum atomic E-state index is -0.508. The van der Waals surface area contributed by atoms with Crippen molar-refractivity contribution >= 4 is 29.2 Å². The van der Waals surface area contributed by atoms with E-state index < -0.39 is 12.0 Å². The number of likely N-dealkylation sites (tertiary alicyclic amines) is 1. The van der Waals surface area contributed by atoms with E-state index in [-0.39, 0.29) is 25.6 Å². The summed E-state index contributed by atoms with van der Waals surface area (Å²) in [5, 5.41) is 4.64. The molecule has 0 atom stereocenters. The average molecular weight is 575 g/mol. The van der Waals surface area contributed by atoms with Crippen molar-refractivity contribution in [3.8, 4) is 11.5 Å². The van der Waals surface area contributed by atoms with Crippen molar-refractivity contribution in [2.75, 3.05) is 66.6 Å². The highest BCUT2D eigenvalue weighted by atomic mass is 32.1. The molecule has 1 aliphatic heterocycles. The fourth-order valence-corrected chi connectivity index (χ4v) is 5.51. The predicted molar refractivity (Wildman–Crippen MR) is 155 cm³/mol. The van der Waals surface area contributed by atoms with Crippen LogP contribution in [0.3, 0.4) is 0 Å². The molecule has 40 heavy (non-hydrogen) atoms. The number of methoxy groups -OCH3 is 2. The van der Waals surface area contributed by atoms with Gasteiger partial charge in [-0.3, -0.25) is 9.59 Å². The van der Waals surface area contributed by atoms with E-state index in [9.17, 15) is 14.4 Å². The van der Waals surface area contributed by atoms with Crippen molar-refractivity contribution in [2.45, 2.75) is 39.7 Å². The summed E-state index contributed by atoms with van der Waals surface area (Å²) in [7, 11) is 3.19. The zero-order valence-electron chi connectivity index (χ0n) is 24.1. The lowest BCUT2D eigenvalue weighted by Crippen LogP contribution is -2.50. The molecule has 10 nitrogen and oxygen atoms in total. The Labute approximate surface area is 241 Å². The summed E-state index contributed by atoms with van der Waals surface area (Å²) in [6, 6.07) is 7.34. The molecule has 0 radical (unpaired) electrons. The van der Waals surface area contributed by atoms with Crippen molar-refractivity contribution in [3.05, 3.63) is 45.6 Å². The summed E-state index contributed by atoms with van der Waals surface area (Å²) in [4.78, 5) is 45.4. The number of hydrogen-bond acceptors (Lipinski definition) is 8. The van der Waals surface area contributed by atoms with Gasteiger partial charge >= 0.3 is 12.0 Å². The lowest BCUT2D eigenvalue weighted by Gasteiger charge is -2.29. The molecule has 2 heterocycles. The van der Waals surface area contributed by atoms with Gasteiger partial charge in [-0.1, -0.05) is 6.07 Å². The second-order valence-corrected chi connectivity index (χ2v) is 10.7.